The van der Waals surface area contributed by atoms with Crippen LogP contribution in [0.5, 0.6) is 0 Å². The summed E-state index contributed by atoms with van der Waals surface area (Å²) in [5.41, 5.74) is -15.0. The second-order valence-corrected chi connectivity index (χ2v) is 10.8. The molecule has 0 radical (unpaired) electrons. The quantitative estimate of drug-likeness (QED) is 0.467. The second-order valence-electron chi connectivity index (χ2n) is 4.61. The van der Waals surface area contributed by atoms with Gasteiger partial charge in [0.15, 0.2) is 0 Å². The summed E-state index contributed by atoms with van der Waals surface area (Å²) in [5, 5.41) is 0. The first-order valence-corrected chi connectivity index (χ1v) is 7.43. The first-order chi connectivity index (χ1) is 7.54. The molecular formula is C6H6F12P-. The van der Waals surface area contributed by atoms with Gasteiger partial charge in [0.2, 0.25) is 0 Å². The van der Waals surface area contributed by atoms with Gasteiger partial charge in [-0.25, -0.2) is 0 Å². The van der Waals surface area contributed by atoms with E-state index in [4.69, 9.17) is 0 Å². The van der Waals surface area contributed by atoms with Crippen LogP contribution in [0.2, 0.25) is 0 Å². The third-order valence-corrected chi connectivity index (χ3v) is 6.68. The van der Waals surface area contributed by atoms with E-state index < -0.39 is 43.6 Å². The zero-order chi connectivity index (χ0) is 16.4. The zero-order valence-corrected chi connectivity index (χ0v) is 9.88. The molecule has 0 fully saturated rings. The van der Waals surface area contributed by atoms with Crippen molar-refractivity contribution in [1.82, 2.24) is 0 Å². The molecular weight excluding hydrogens is 331 g/mol. The van der Waals surface area contributed by atoms with Crippen molar-refractivity contribution < 1.29 is 52.3 Å². The Morgan fingerprint density at radius 2 is 0.684 bits per heavy atom. The first-order valence-electron chi connectivity index (χ1n) is 4.07. The summed E-state index contributed by atoms with van der Waals surface area (Å²) in [4.78, 5) is 0. The molecule has 13 heteroatoms. The number of hydrogen-bond acceptors (Lipinski definition) is 0. The molecule has 0 atom stereocenters. The number of alkyl halides is 10. The molecule has 0 N–H and O–H groups in total. The second kappa shape index (κ2) is 3.25. The summed E-state index contributed by atoms with van der Waals surface area (Å²) in [7, 11) is 0. The van der Waals surface area contributed by atoms with Gasteiger partial charge in [0.1, 0.15) is 0 Å². The van der Waals surface area contributed by atoms with Gasteiger partial charge in [-0.1, -0.05) is 0 Å². The average molecular weight is 337 g/mol. The molecule has 0 aliphatic rings. The summed E-state index contributed by atoms with van der Waals surface area (Å²) in [5.74, 6) is 0. The van der Waals surface area contributed by atoms with Crippen LogP contribution in [0.1, 0.15) is 0 Å². The summed E-state index contributed by atoms with van der Waals surface area (Å²) >= 11 is 0. The predicted octanol–water partition coefficient (Wildman–Crippen LogP) is 5.41. The minimum absolute atomic E-state index is 1.65. The van der Waals surface area contributed by atoms with Crippen molar-refractivity contribution in [2.45, 2.75) is 23.7 Å². The minimum atomic E-state index is -10.6. The van der Waals surface area contributed by atoms with E-state index in [0.29, 0.717) is 0 Å². The summed E-state index contributed by atoms with van der Waals surface area (Å²) in [6.07, 6.45) is -14.5. The molecule has 0 amide bonds. The van der Waals surface area contributed by atoms with Crippen LogP contribution < -0.4 is 0 Å². The molecule has 0 aromatic carbocycles. The van der Waals surface area contributed by atoms with E-state index in [-0.39, 0.29) is 0 Å². The molecule has 0 unspecified atom stereocenters. The molecule has 0 heterocycles. The van der Waals surface area contributed by atoms with Gasteiger partial charge in [-0.15, -0.1) is 0 Å². The van der Waals surface area contributed by atoms with E-state index in [1.165, 1.54) is 0 Å². The maximum atomic E-state index is 13.5. The molecule has 0 nitrogen and oxygen atoms in total. The van der Waals surface area contributed by atoms with Crippen molar-refractivity contribution in [3.63, 3.8) is 0 Å². The Bertz CT molecular complexity index is 344. The van der Waals surface area contributed by atoms with Gasteiger partial charge in [0.05, 0.1) is 0 Å². The van der Waals surface area contributed by atoms with Crippen LogP contribution in [0.25, 0.3) is 0 Å². The predicted molar refractivity (Wildman–Crippen MR) is 43.0 cm³/mol. The number of hydrogen-bond donors (Lipinski definition) is 0. The topological polar surface area (TPSA) is 0 Å². The molecule has 0 bridgehead atoms. The van der Waals surface area contributed by atoms with Crippen LogP contribution in [-0.4, -0.2) is 37.0 Å². The fraction of sp³-hybridized carbons (Fsp3) is 1.00. The summed E-state index contributed by atoms with van der Waals surface area (Å²) in [6, 6.07) is 0. The normalized spacial score (nSPS) is 19.9. The van der Waals surface area contributed by atoms with Gasteiger partial charge in [0.25, 0.3) is 0 Å². The van der Waals surface area contributed by atoms with E-state index in [9.17, 15) is 52.3 Å². The maximum absolute atomic E-state index is 13.5. The SMILES string of the molecule is C[P-](C)(F)(F)(C(F)(F)C(F)(F)F)C(F)(F)C(F)(F)F. The molecule has 0 aliphatic carbocycles. The summed E-state index contributed by atoms with van der Waals surface area (Å²) in [6.45, 7) is -13.9. The van der Waals surface area contributed by atoms with Crippen LogP contribution >= 0.6 is 6.57 Å². The van der Waals surface area contributed by atoms with E-state index in [2.05, 4.69) is 0 Å². The van der Waals surface area contributed by atoms with E-state index in [1.807, 2.05) is 0 Å². The fourth-order valence-electron chi connectivity index (χ4n) is 1.00. The molecule has 0 saturated carbocycles. The average Bonchev–Trinajstić information content (AvgIpc) is 1.96. The van der Waals surface area contributed by atoms with Crippen molar-refractivity contribution >= 4 is 6.57 Å². The fourth-order valence-corrected chi connectivity index (χ4v) is 3.01. The standard InChI is InChI=1S/C6H6F12P/c1-19(2,17,18,5(13,14)3(7,8)9)6(15,16)4(10,11)12/h1-2H3/q-1. The van der Waals surface area contributed by atoms with Gasteiger partial charge >= 0.3 is 95.9 Å². The molecule has 120 valence electrons. The van der Waals surface area contributed by atoms with Crippen LogP contribution in [0.3, 0.4) is 0 Å². The third-order valence-electron chi connectivity index (χ3n) is 2.51. The summed E-state index contributed by atoms with van der Waals surface area (Å²) < 4.78 is 149. The van der Waals surface area contributed by atoms with Gasteiger partial charge in [0, 0.05) is 0 Å². The van der Waals surface area contributed by atoms with E-state index >= 15 is 0 Å². The van der Waals surface area contributed by atoms with Gasteiger partial charge in [-0.3, -0.25) is 0 Å². The van der Waals surface area contributed by atoms with Crippen LogP contribution in [-0.2, 0) is 0 Å². The monoisotopic (exact) mass is 337 g/mol. The van der Waals surface area contributed by atoms with E-state index in [1.54, 1.807) is 0 Å². The van der Waals surface area contributed by atoms with Gasteiger partial charge in [-0.2, -0.15) is 0 Å². The van der Waals surface area contributed by atoms with Crippen molar-refractivity contribution in [2.75, 3.05) is 13.3 Å². The van der Waals surface area contributed by atoms with Crippen LogP contribution in [0.4, 0.5) is 52.3 Å². The molecule has 0 aromatic rings. The molecule has 0 aromatic heterocycles. The Morgan fingerprint density at radius 1 is 0.526 bits per heavy atom. The molecule has 0 aliphatic heterocycles. The number of rotatable bonds is 2. The Morgan fingerprint density at radius 3 is 0.789 bits per heavy atom. The van der Waals surface area contributed by atoms with Gasteiger partial charge < -0.3 is 0 Å². The molecule has 0 rings (SSSR count). The molecule has 0 saturated heterocycles. The van der Waals surface area contributed by atoms with Gasteiger partial charge in [-0.05, 0) is 0 Å². The van der Waals surface area contributed by atoms with Crippen LogP contribution in [0.15, 0.2) is 0 Å². The Kier molecular flexibility index (Phi) is 3.18. The Balaban J connectivity index is 6.64. The third kappa shape index (κ3) is 1.89. The zero-order valence-electron chi connectivity index (χ0n) is 8.98. The van der Waals surface area contributed by atoms with Crippen molar-refractivity contribution in [2.24, 2.45) is 0 Å². The Hall–Kier alpha value is -0.410. The van der Waals surface area contributed by atoms with E-state index in [0.717, 1.165) is 0 Å². The van der Waals surface area contributed by atoms with Crippen molar-refractivity contribution in [3.8, 4) is 0 Å². The number of halogens is 12. The van der Waals surface area contributed by atoms with Crippen molar-refractivity contribution in [3.05, 3.63) is 0 Å². The molecule has 0 spiro atoms. The van der Waals surface area contributed by atoms with Crippen molar-refractivity contribution in [1.29, 1.82) is 0 Å². The van der Waals surface area contributed by atoms with Crippen LogP contribution in [0, 0.1) is 0 Å². The molecule has 19 heavy (non-hydrogen) atoms. The first kappa shape index (κ1) is 18.6. The Labute approximate surface area is 97.0 Å².